The second kappa shape index (κ2) is 32.8. The van der Waals surface area contributed by atoms with E-state index in [1.54, 1.807) is 0 Å². The Balaban J connectivity index is 2.79. The fourth-order valence-electron chi connectivity index (χ4n) is 6.54. The van der Waals surface area contributed by atoms with E-state index in [1.807, 2.05) is 32.5 Å². The van der Waals surface area contributed by atoms with E-state index in [-0.39, 0.29) is 0 Å². The molecule has 0 fully saturated rings. The third-order valence-corrected chi connectivity index (χ3v) is 11.7. The summed E-state index contributed by atoms with van der Waals surface area (Å²) in [6.07, 6.45) is 35.5. The van der Waals surface area contributed by atoms with Gasteiger partial charge in [-0.05, 0) is 69.1 Å². The van der Waals surface area contributed by atoms with Crippen molar-refractivity contribution in [3.05, 3.63) is 28.8 Å². The highest BCUT2D eigenvalue weighted by Gasteiger charge is 2.22. The molecule has 0 saturated carbocycles. The lowest BCUT2D eigenvalue weighted by molar-refractivity contribution is 0.0202. The van der Waals surface area contributed by atoms with Crippen LogP contribution < -0.4 is 4.74 Å². The summed E-state index contributed by atoms with van der Waals surface area (Å²) in [5.74, 6) is 5.07. The average Bonchev–Trinajstić information content (AvgIpc) is 3.07. The molecule has 1 aromatic rings. The molecule has 0 radical (unpaired) electrons. The number of thioether (sulfide) groups is 2. The Morgan fingerprint density at radius 1 is 0.520 bits per heavy atom. The number of carbonyl (C=O) groups is 1. The molecular formula is C45H82O3S2. The first-order chi connectivity index (χ1) is 24.3. The van der Waals surface area contributed by atoms with Crippen molar-refractivity contribution in [2.75, 3.05) is 11.5 Å². The normalized spacial score (nSPS) is 11.7. The van der Waals surface area contributed by atoms with Crippen LogP contribution >= 0.6 is 23.5 Å². The number of ether oxygens (including phenoxy) is 2. The molecule has 0 spiro atoms. The second-order valence-corrected chi connectivity index (χ2v) is 18.0. The smallest absolute Gasteiger partial charge is 0.428 e. The number of rotatable bonds is 34. The minimum absolute atomic E-state index is 0.577. The largest absolute Gasteiger partial charge is 0.514 e. The van der Waals surface area contributed by atoms with Crippen molar-refractivity contribution < 1.29 is 14.3 Å². The van der Waals surface area contributed by atoms with E-state index in [2.05, 4.69) is 44.7 Å². The summed E-state index contributed by atoms with van der Waals surface area (Å²) in [6.45, 7) is 12.6. The van der Waals surface area contributed by atoms with E-state index in [1.165, 1.54) is 183 Å². The first-order valence-electron chi connectivity index (χ1n) is 21.5. The molecule has 0 aliphatic rings. The Morgan fingerprint density at radius 2 is 0.900 bits per heavy atom. The molecule has 5 heteroatoms. The van der Waals surface area contributed by atoms with Gasteiger partial charge in [-0.25, -0.2) is 4.79 Å². The van der Waals surface area contributed by atoms with Crippen molar-refractivity contribution in [3.63, 3.8) is 0 Å². The first-order valence-corrected chi connectivity index (χ1v) is 23.8. The van der Waals surface area contributed by atoms with Gasteiger partial charge in [0.25, 0.3) is 0 Å². The molecule has 0 atom stereocenters. The third-order valence-electron chi connectivity index (χ3n) is 9.49. The number of hydrogen-bond donors (Lipinski definition) is 0. The number of unbranched alkanes of at least 4 members (excludes halogenated alkanes) is 23. The summed E-state index contributed by atoms with van der Waals surface area (Å²) < 4.78 is 11.7. The van der Waals surface area contributed by atoms with Crippen molar-refractivity contribution >= 4 is 29.7 Å². The minimum atomic E-state index is -0.578. The SMILES string of the molecule is CCCCCCCCCCCCSCc1cc(CCCCCCCC)c(OC(=O)OC(C)(C)C)c(CSCCCCCCCCCCCC)c1. The lowest BCUT2D eigenvalue weighted by Gasteiger charge is -2.21. The maximum absolute atomic E-state index is 13.0. The van der Waals surface area contributed by atoms with Crippen molar-refractivity contribution in [1.82, 2.24) is 0 Å². The average molecular weight is 735 g/mol. The Kier molecular flexibility index (Phi) is 31.0. The summed E-state index contributed by atoms with van der Waals surface area (Å²) in [7, 11) is 0. The maximum Gasteiger partial charge on any atom is 0.514 e. The highest BCUT2D eigenvalue weighted by molar-refractivity contribution is 7.98. The van der Waals surface area contributed by atoms with Crippen LogP contribution in [-0.2, 0) is 22.7 Å². The van der Waals surface area contributed by atoms with Crippen LogP contribution in [0.2, 0.25) is 0 Å². The third kappa shape index (κ3) is 27.8. The van der Waals surface area contributed by atoms with Crippen LogP contribution in [0.1, 0.15) is 225 Å². The zero-order valence-electron chi connectivity index (χ0n) is 34.1. The molecule has 3 nitrogen and oxygen atoms in total. The molecule has 0 saturated heterocycles. The van der Waals surface area contributed by atoms with Crippen molar-refractivity contribution in [1.29, 1.82) is 0 Å². The lowest BCUT2D eigenvalue weighted by atomic mass is 9.99. The quantitative estimate of drug-likeness (QED) is 0.0400. The van der Waals surface area contributed by atoms with Gasteiger partial charge in [-0.3, -0.25) is 0 Å². The van der Waals surface area contributed by atoms with Crippen LogP contribution in [-0.4, -0.2) is 23.3 Å². The molecule has 50 heavy (non-hydrogen) atoms. The summed E-state index contributed by atoms with van der Waals surface area (Å²) in [6, 6.07) is 4.68. The highest BCUT2D eigenvalue weighted by atomic mass is 32.2. The van der Waals surface area contributed by atoms with E-state index in [4.69, 9.17) is 9.47 Å². The van der Waals surface area contributed by atoms with Crippen LogP contribution in [0.5, 0.6) is 5.75 Å². The van der Waals surface area contributed by atoms with Crippen LogP contribution in [0, 0.1) is 0 Å². The number of hydrogen-bond acceptors (Lipinski definition) is 5. The molecule has 0 bridgehead atoms. The second-order valence-electron chi connectivity index (χ2n) is 15.8. The van der Waals surface area contributed by atoms with Gasteiger partial charge in [0.2, 0.25) is 0 Å². The van der Waals surface area contributed by atoms with Crippen LogP contribution in [0.15, 0.2) is 12.1 Å². The molecule has 1 rings (SSSR count). The minimum Gasteiger partial charge on any atom is -0.428 e. The van der Waals surface area contributed by atoms with E-state index < -0.39 is 11.8 Å². The molecule has 1 aromatic carbocycles. The summed E-state index contributed by atoms with van der Waals surface area (Å²) in [5.41, 5.74) is 3.17. The topological polar surface area (TPSA) is 35.5 Å². The molecule has 0 aromatic heterocycles. The lowest BCUT2D eigenvalue weighted by Crippen LogP contribution is -2.26. The molecule has 0 unspecified atom stereocenters. The van der Waals surface area contributed by atoms with Gasteiger partial charge in [-0.2, -0.15) is 23.5 Å². The maximum atomic E-state index is 13.0. The Bertz CT molecular complexity index is 926. The Labute approximate surface area is 320 Å². The molecular weight excluding hydrogens is 653 g/mol. The molecule has 0 N–H and O–H groups in total. The van der Waals surface area contributed by atoms with Gasteiger partial charge in [-0.1, -0.05) is 181 Å². The fraction of sp³-hybridized carbons (Fsp3) is 0.844. The molecule has 0 aliphatic carbocycles. The standard InChI is InChI=1S/C45H82O3S2/c1-7-10-13-16-19-21-23-25-28-31-34-49-38-40-36-41(33-30-27-18-15-12-9-3)43(47-44(46)48-45(4,5)6)42(37-40)39-50-35-32-29-26-24-22-20-17-14-11-8-2/h36-37H,7-35,38-39H2,1-6H3. The molecule has 0 heterocycles. The fourth-order valence-corrected chi connectivity index (χ4v) is 8.48. The van der Waals surface area contributed by atoms with Crippen LogP contribution in [0.25, 0.3) is 0 Å². The van der Waals surface area contributed by atoms with E-state index in [9.17, 15) is 4.79 Å². The van der Waals surface area contributed by atoms with E-state index in [0.717, 1.165) is 35.8 Å². The van der Waals surface area contributed by atoms with Gasteiger partial charge >= 0.3 is 6.16 Å². The monoisotopic (exact) mass is 735 g/mol. The van der Waals surface area contributed by atoms with Gasteiger partial charge < -0.3 is 9.47 Å². The summed E-state index contributed by atoms with van der Waals surface area (Å²) in [4.78, 5) is 13.0. The Morgan fingerprint density at radius 3 is 1.34 bits per heavy atom. The predicted octanol–water partition coefficient (Wildman–Crippen LogP) is 16.2. The van der Waals surface area contributed by atoms with Gasteiger partial charge in [0.1, 0.15) is 11.4 Å². The van der Waals surface area contributed by atoms with Crippen molar-refractivity contribution in [2.24, 2.45) is 0 Å². The highest BCUT2D eigenvalue weighted by Crippen LogP contribution is 2.34. The summed E-state index contributed by atoms with van der Waals surface area (Å²) >= 11 is 4.07. The van der Waals surface area contributed by atoms with Crippen molar-refractivity contribution in [3.8, 4) is 5.75 Å². The van der Waals surface area contributed by atoms with Crippen LogP contribution in [0.3, 0.4) is 0 Å². The van der Waals surface area contributed by atoms with Gasteiger partial charge in [-0.15, -0.1) is 0 Å². The van der Waals surface area contributed by atoms with E-state index >= 15 is 0 Å². The molecule has 0 aliphatic heterocycles. The molecule has 292 valence electrons. The van der Waals surface area contributed by atoms with Gasteiger partial charge in [0.15, 0.2) is 0 Å². The Hall–Kier alpha value is -0.810. The van der Waals surface area contributed by atoms with Crippen LogP contribution in [0.4, 0.5) is 4.79 Å². The first kappa shape index (κ1) is 47.2. The number of carbonyl (C=O) groups excluding carboxylic acids is 1. The van der Waals surface area contributed by atoms with E-state index in [0.29, 0.717) is 0 Å². The number of benzene rings is 1. The van der Waals surface area contributed by atoms with Gasteiger partial charge in [0, 0.05) is 17.1 Å². The summed E-state index contributed by atoms with van der Waals surface area (Å²) in [5, 5.41) is 0. The zero-order chi connectivity index (χ0) is 36.5. The molecule has 0 amide bonds. The van der Waals surface area contributed by atoms with Crippen molar-refractivity contribution in [2.45, 2.75) is 232 Å². The van der Waals surface area contributed by atoms with Gasteiger partial charge in [0.05, 0.1) is 0 Å². The zero-order valence-corrected chi connectivity index (χ0v) is 35.7. The predicted molar refractivity (Wildman–Crippen MR) is 226 cm³/mol. The number of aryl methyl sites for hydroxylation is 1.